The van der Waals surface area contributed by atoms with Crippen molar-refractivity contribution in [3.8, 4) is 0 Å². The molecule has 3 rings (SSSR count). The lowest BCUT2D eigenvalue weighted by Gasteiger charge is -2.21. The molecular weight excluding hydrogens is 464 g/mol. The lowest BCUT2D eigenvalue weighted by Crippen LogP contribution is -2.52. The van der Waals surface area contributed by atoms with Gasteiger partial charge in [0.15, 0.2) is 5.76 Å². The number of amides is 4. The molecule has 1 aromatic heterocycles. The summed E-state index contributed by atoms with van der Waals surface area (Å²) >= 11 is 5.96. The van der Waals surface area contributed by atoms with E-state index in [4.69, 9.17) is 16.0 Å². The van der Waals surface area contributed by atoms with Crippen molar-refractivity contribution < 1.29 is 28.4 Å². The second-order valence-corrected chi connectivity index (χ2v) is 8.96. The molecule has 1 fully saturated rings. The zero-order valence-electron chi connectivity index (χ0n) is 18.9. The minimum absolute atomic E-state index is 0.0261. The van der Waals surface area contributed by atoms with E-state index < -0.39 is 29.8 Å². The Labute approximate surface area is 201 Å². The Morgan fingerprint density at radius 1 is 1.24 bits per heavy atom. The Balaban J connectivity index is 1.54. The van der Waals surface area contributed by atoms with Crippen LogP contribution in [0.3, 0.4) is 0 Å². The summed E-state index contributed by atoms with van der Waals surface area (Å²) in [6.07, 6.45) is 1.37. The molecule has 0 spiro atoms. The molecule has 0 saturated carbocycles. The number of fused-ring (bicyclic) bond motifs is 1. The van der Waals surface area contributed by atoms with Gasteiger partial charge in [0.05, 0.1) is 12.6 Å². The maximum absolute atomic E-state index is 12.7. The van der Waals surface area contributed by atoms with Gasteiger partial charge in [-0.1, -0.05) is 25.4 Å². The molecule has 2 unspecified atom stereocenters. The van der Waals surface area contributed by atoms with Crippen molar-refractivity contribution >= 4 is 52.5 Å². The molecule has 1 saturated heterocycles. The van der Waals surface area contributed by atoms with E-state index in [1.54, 1.807) is 32.0 Å². The normalized spacial score (nSPS) is 17.2. The van der Waals surface area contributed by atoms with Crippen LogP contribution in [0.25, 0.3) is 11.0 Å². The van der Waals surface area contributed by atoms with Crippen LogP contribution in [0, 0.1) is 11.8 Å². The lowest BCUT2D eigenvalue weighted by molar-refractivity contribution is -0.128. The molecule has 0 aliphatic carbocycles. The molecule has 1 aliphatic rings. The topological polar surface area (TPSA) is 147 Å². The van der Waals surface area contributed by atoms with Gasteiger partial charge in [-0.2, -0.15) is 0 Å². The summed E-state index contributed by atoms with van der Waals surface area (Å²) in [5.41, 5.74) is 0.483. The maximum Gasteiger partial charge on any atom is 0.287 e. The highest BCUT2D eigenvalue weighted by Gasteiger charge is 2.29. The van der Waals surface area contributed by atoms with E-state index >= 15 is 0 Å². The average Bonchev–Trinajstić information content (AvgIpc) is 3.40. The van der Waals surface area contributed by atoms with Crippen LogP contribution in [0.5, 0.6) is 0 Å². The Bertz CT molecular complexity index is 1100. The SMILES string of the molecule is CC(C)C(NC(=O)c1cc2cc(Cl)ccc2o1)C(=O)NCC(=O)N[C@H](C=O)CC1CCNC1=O. The van der Waals surface area contributed by atoms with Gasteiger partial charge in [0.25, 0.3) is 5.91 Å². The van der Waals surface area contributed by atoms with E-state index in [1.807, 2.05) is 0 Å². The van der Waals surface area contributed by atoms with E-state index in [1.165, 1.54) is 6.07 Å². The number of furan rings is 1. The molecule has 34 heavy (non-hydrogen) atoms. The van der Waals surface area contributed by atoms with Gasteiger partial charge in [-0.15, -0.1) is 0 Å². The van der Waals surface area contributed by atoms with Crippen molar-refractivity contribution in [2.75, 3.05) is 13.1 Å². The number of hydrogen-bond donors (Lipinski definition) is 4. The van der Waals surface area contributed by atoms with Crippen LogP contribution in [0.2, 0.25) is 5.02 Å². The Hall–Kier alpha value is -3.40. The molecule has 0 bridgehead atoms. The highest BCUT2D eigenvalue weighted by Crippen LogP contribution is 2.23. The molecular formula is C23H27ClN4O6. The van der Waals surface area contributed by atoms with E-state index in [0.29, 0.717) is 35.2 Å². The first-order valence-electron chi connectivity index (χ1n) is 11.0. The Kier molecular flexibility index (Phi) is 8.27. The fourth-order valence-electron chi connectivity index (χ4n) is 3.73. The van der Waals surface area contributed by atoms with Gasteiger partial charge in [0.1, 0.15) is 17.9 Å². The Morgan fingerprint density at radius 2 is 2.00 bits per heavy atom. The second kappa shape index (κ2) is 11.1. The van der Waals surface area contributed by atoms with E-state index in [-0.39, 0.29) is 36.5 Å². The van der Waals surface area contributed by atoms with Crippen molar-refractivity contribution in [3.63, 3.8) is 0 Å². The first-order chi connectivity index (χ1) is 16.2. The first kappa shape index (κ1) is 25.2. The van der Waals surface area contributed by atoms with Crippen LogP contribution < -0.4 is 21.3 Å². The fraction of sp³-hybridized carbons (Fsp3) is 0.435. The molecule has 3 atom stereocenters. The van der Waals surface area contributed by atoms with Crippen LogP contribution in [-0.4, -0.2) is 55.1 Å². The van der Waals surface area contributed by atoms with Crippen molar-refractivity contribution in [1.82, 2.24) is 21.3 Å². The Morgan fingerprint density at radius 3 is 2.65 bits per heavy atom. The number of benzene rings is 1. The molecule has 2 aromatic rings. The average molecular weight is 491 g/mol. The van der Waals surface area contributed by atoms with Gasteiger partial charge < -0.3 is 30.5 Å². The third-order valence-corrected chi connectivity index (χ3v) is 5.81. The lowest BCUT2D eigenvalue weighted by atomic mass is 9.99. The number of rotatable bonds is 10. The van der Waals surface area contributed by atoms with E-state index in [2.05, 4.69) is 21.3 Å². The van der Waals surface area contributed by atoms with Gasteiger partial charge in [-0.25, -0.2) is 0 Å². The summed E-state index contributed by atoms with van der Waals surface area (Å²) in [7, 11) is 0. The minimum Gasteiger partial charge on any atom is -0.451 e. The van der Waals surface area contributed by atoms with Crippen LogP contribution >= 0.6 is 11.6 Å². The van der Waals surface area contributed by atoms with E-state index in [9.17, 15) is 24.0 Å². The molecule has 0 radical (unpaired) electrons. The molecule has 1 aliphatic heterocycles. The van der Waals surface area contributed by atoms with Crippen LogP contribution in [0.1, 0.15) is 37.2 Å². The van der Waals surface area contributed by atoms with Crippen molar-refractivity contribution in [3.05, 3.63) is 35.0 Å². The van der Waals surface area contributed by atoms with Gasteiger partial charge in [-0.3, -0.25) is 19.2 Å². The van der Waals surface area contributed by atoms with E-state index in [0.717, 1.165) is 0 Å². The monoisotopic (exact) mass is 490 g/mol. The summed E-state index contributed by atoms with van der Waals surface area (Å²) in [6, 6.07) is 4.71. The number of hydrogen-bond acceptors (Lipinski definition) is 6. The summed E-state index contributed by atoms with van der Waals surface area (Å²) in [5.74, 6) is -2.45. The van der Waals surface area contributed by atoms with Crippen LogP contribution in [-0.2, 0) is 19.2 Å². The summed E-state index contributed by atoms with van der Waals surface area (Å²) < 4.78 is 5.53. The standard InChI is InChI=1S/C23H27ClN4O6/c1-12(2)20(28-22(32)18-9-14-7-15(24)3-4-17(14)34-18)23(33)26-10-19(30)27-16(11-29)8-13-5-6-25-21(13)31/h3-4,7,9,11-13,16,20H,5-6,8,10H2,1-2H3,(H,25,31)(H,26,33)(H,27,30)(H,28,32)/t13?,16-,20?/m0/s1. The summed E-state index contributed by atoms with van der Waals surface area (Å²) in [4.78, 5) is 60.6. The number of aldehydes is 1. The highest BCUT2D eigenvalue weighted by atomic mass is 35.5. The minimum atomic E-state index is -0.929. The van der Waals surface area contributed by atoms with Crippen LogP contribution in [0.4, 0.5) is 0 Å². The largest absolute Gasteiger partial charge is 0.451 e. The zero-order chi connectivity index (χ0) is 24.8. The molecule has 4 amide bonds. The quantitative estimate of drug-likeness (QED) is 0.367. The molecule has 182 valence electrons. The van der Waals surface area contributed by atoms with Crippen molar-refractivity contribution in [2.24, 2.45) is 11.8 Å². The smallest absolute Gasteiger partial charge is 0.287 e. The first-order valence-corrected chi connectivity index (χ1v) is 11.4. The van der Waals surface area contributed by atoms with Crippen molar-refractivity contribution in [2.45, 2.75) is 38.8 Å². The van der Waals surface area contributed by atoms with Crippen LogP contribution in [0.15, 0.2) is 28.7 Å². The molecule has 2 heterocycles. The number of carbonyl (C=O) groups is 5. The fourth-order valence-corrected chi connectivity index (χ4v) is 3.91. The van der Waals surface area contributed by atoms with Gasteiger partial charge >= 0.3 is 0 Å². The molecule has 1 aromatic carbocycles. The summed E-state index contributed by atoms with van der Waals surface area (Å²) in [6.45, 7) is 3.65. The third-order valence-electron chi connectivity index (χ3n) is 5.57. The van der Waals surface area contributed by atoms with Crippen molar-refractivity contribution in [1.29, 1.82) is 0 Å². The third kappa shape index (κ3) is 6.34. The predicted octanol–water partition coefficient (Wildman–Crippen LogP) is 1.17. The summed E-state index contributed by atoms with van der Waals surface area (Å²) in [5, 5.41) is 11.4. The molecule has 4 N–H and O–H groups in total. The molecule has 11 heteroatoms. The van der Waals surface area contributed by atoms with Gasteiger partial charge in [0, 0.05) is 22.9 Å². The van der Waals surface area contributed by atoms with Gasteiger partial charge in [0.2, 0.25) is 17.7 Å². The number of halogens is 1. The number of carbonyl (C=O) groups excluding carboxylic acids is 5. The zero-order valence-corrected chi connectivity index (χ0v) is 19.6. The molecule has 10 nitrogen and oxygen atoms in total. The maximum atomic E-state index is 12.7. The predicted molar refractivity (Wildman–Crippen MR) is 124 cm³/mol. The number of nitrogens with one attached hydrogen (secondary N) is 4. The van der Waals surface area contributed by atoms with Gasteiger partial charge in [-0.05, 0) is 43.0 Å². The second-order valence-electron chi connectivity index (χ2n) is 8.53. The highest BCUT2D eigenvalue weighted by molar-refractivity contribution is 6.31.